The maximum atomic E-state index is 12.7. The molecule has 0 spiro atoms. The Hall–Kier alpha value is -2.57. The fourth-order valence-electron chi connectivity index (χ4n) is 2.31. The standard InChI is InChI=1S/C16H11Cl2N3O3/c1-20-7-3-4-9(20)8-10-14(22)19-16(24)21(15(10)23)12-6-2-5-11(17)13(12)18/h2-8H,1H3,(H,19,22,24)/b10-8-. The van der Waals surface area contributed by atoms with Gasteiger partial charge >= 0.3 is 6.03 Å². The first-order chi connectivity index (χ1) is 11.4. The van der Waals surface area contributed by atoms with Crippen molar-refractivity contribution in [2.45, 2.75) is 0 Å². The number of nitrogens with one attached hydrogen (secondary N) is 1. The second-order valence-electron chi connectivity index (χ2n) is 5.07. The average Bonchev–Trinajstić information content (AvgIpc) is 2.93. The molecule has 8 heteroatoms. The number of hydrogen-bond acceptors (Lipinski definition) is 3. The third-order valence-corrected chi connectivity index (χ3v) is 4.36. The lowest BCUT2D eigenvalue weighted by Gasteiger charge is -2.27. The van der Waals surface area contributed by atoms with E-state index in [1.54, 1.807) is 36.0 Å². The van der Waals surface area contributed by atoms with Gasteiger partial charge in [-0.25, -0.2) is 9.69 Å². The minimum absolute atomic E-state index is 0.0511. The number of anilines is 1. The Morgan fingerprint density at radius 3 is 2.50 bits per heavy atom. The number of aromatic nitrogens is 1. The topological polar surface area (TPSA) is 71.4 Å². The Morgan fingerprint density at radius 1 is 1.08 bits per heavy atom. The van der Waals surface area contributed by atoms with Crippen molar-refractivity contribution in [2.75, 3.05) is 4.90 Å². The van der Waals surface area contributed by atoms with Gasteiger partial charge in [0.25, 0.3) is 11.8 Å². The molecule has 0 bridgehead atoms. The monoisotopic (exact) mass is 363 g/mol. The number of carbonyl (C=O) groups is 3. The highest BCUT2D eigenvalue weighted by atomic mass is 35.5. The molecule has 2 aromatic rings. The van der Waals surface area contributed by atoms with E-state index in [4.69, 9.17) is 23.2 Å². The number of halogens is 2. The van der Waals surface area contributed by atoms with Crippen molar-refractivity contribution in [3.63, 3.8) is 0 Å². The first-order valence-electron chi connectivity index (χ1n) is 6.87. The van der Waals surface area contributed by atoms with Gasteiger partial charge in [-0.15, -0.1) is 0 Å². The molecular weight excluding hydrogens is 353 g/mol. The van der Waals surface area contributed by atoms with E-state index in [0.717, 1.165) is 4.90 Å². The lowest BCUT2D eigenvalue weighted by atomic mass is 10.1. The maximum absolute atomic E-state index is 12.7. The summed E-state index contributed by atoms with van der Waals surface area (Å²) in [5, 5.41) is 2.38. The molecule has 3 rings (SSSR count). The van der Waals surface area contributed by atoms with Gasteiger partial charge in [-0.2, -0.15) is 0 Å². The summed E-state index contributed by atoms with van der Waals surface area (Å²) in [4.78, 5) is 37.7. The first kappa shape index (κ1) is 16.3. The van der Waals surface area contributed by atoms with Crippen molar-refractivity contribution >= 4 is 52.8 Å². The molecule has 0 saturated carbocycles. The second kappa shape index (κ2) is 6.14. The summed E-state index contributed by atoms with van der Waals surface area (Å²) >= 11 is 12.0. The van der Waals surface area contributed by atoms with Gasteiger partial charge in [0.1, 0.15) is 5.57 Å². The summed E-state index contributed by atoms with van der Waals surface area (Å²) in [6.45, 7) is 0. The van der Waals surface area contributed by atoms with Crippen molar-refractivity contribution < 1.29 is 14.4 Å². The van der Waals surface area contributed by atoms with Crippen LogP contribution < -0.4 is 10.2 Å². The fourth-order valence-corrected chi connectivity index (χ4v) is 2.69. The molecule has 24 heavy (non-hydrogen) atoms. The predicted molar refractivity (Wildman–Crippen MR) is 90.9 cm³/mol. The number of barbiturate groups is 1. The second-order valence-corrected chi connectivity index (χ2v) is 5.86. The van der Waals surface area contributed by atoms with E-state index < -0.39 is 17.8 Å². The van der Waals surface area contributed by atoms with E-state index in [0.29, 0.717) is 5.69 Å². The van der Waals surface area contributed by atoms with Crippen LogP contribution in [0, 0.1) is 0 Å². The lowest BCUT2D eigenvalue weighted by Crippen LogP contribution is -2.54. The van der Waals surface area contributed by atoms with E-state index in [2.05, 4.69) is 5.32 Å². The number of aryl methyl sites for hydroxylation is 1. The molecule has 0 radical (unpaired) electrons. The van der Waals surface area contributed by atoms with Gasteiger partial charge in [0, 0.05) is 18.9 Å². The van der Waals surface area contributed by atoms with Crippen LogP contribution in [-0.4, -0.2) is 22.4 Å². The number of imide groups is 2. The number of amides is 4. The van der Waals surface area contributed by atoms with Crippen LogP contribution in [0.15, 0.2) is 42.1 Å². The van der Waals surface area contributed by atoms with Crippen LogP contribution in [0.4, 0.5) is 10.5 Å². The molecule has 1 N–H and O–H groups in total. The van der Waals surface area contributed by atoms with Crippen LogP contribution in [0.25, 0.3) is 6.08 Å². The van der Waals surface area contributed by atoms with Crippen LogP contribution in [0.3, 0.4) is 0 Å². The highest BCUT2D eigenvalue weighted by Gasteiger charge is 2.38. The molecule has 0 aliphatic carbocycles. The van der Waals surface area contributed by atoms with E-state index >= 15 is 0 Å². The summed E-state index contributed by atoms with van der Waals surface area (Å²) < 4.78 is 1.74. The van der Waals surface area contributed by atoms with E-state index in [-0.39, 0.29) is 21.3 Å². The number of carbonyl (C=O) groups excluding carboxylic acids is 3. The predicted octanol–water partition coefficient (Wildman–Crippen LogP) is 3.00. The normalized spacial score (nSPS) is 16.7. The van der Waals surface area contributed by atoms with Crippen LogP contribution in [0.2, 0.25) is 10.0 Å². The third-order valence-electron chi connectivity index (χ3n) is 3.55. The van der Waals surface area contributed by atoms with E-state index in [1.165, 1.54) is 18.2 Å². The SMILES string of the molecule is Cn1cccc1/C=C1/C(=O)NC(=O)N(c2cccc(Cl)c2Cl)C1=O. The summed E-state index contributed by atoms with van der Waals surface area (Å²) in [6.07, 6.45) is 3.18. The highest BCUT2D eigenvalue weighted by molar-refractivity contribution is 6.46. The first-order valence-corrected chi connectivity index (χ1v) is 7.62. The number of rotatable bonds is 2. The van der Waals surface area contributed by atoms with E-state index in [1.807, 2.05) is 0 Å². The van der Waals surface area contributed by atoms with Gasteiger partial charge in [0.05, 0.1) is 15.7 Å². The molecule has 1 aliphatic heterocycles. The van der Waals surface area contributed by atoms with Crippen molar-refractivity contribution in [1.29, 1.82) is 0 Å². The molecule has 1 aromatic heterocycles. The van der Waals surface area contributed by atoms with E-state index in [9.17, 15) is 14.4 Å². The maximum Gasteiger partial charge on any atom is 0.336 e. The Morgan fingerprint density at radius 2 is 1.83 bits per heavy atom. The van der Waals surface area contributed by atoms with Crippen LogP contribution >= 0.6 is 23.2 Å². The zero-order valence-electron chi connectivity index (χ0n) is 12.4. The van der Waals surface area contributed by atoms with Crippen LogP contribution in [0.5, 0.6) is 0 Å². The quantitative estimate of drug-likeness (QED) is 0.658. The largest absolute Gasteiger partial charge is 0.351 e. The van der Waals surface area contributed by atoms with Crippen LogP contribution in [-0.2, 0) is 16.6 Å². The molecule has 122 valence electrons. The Bertz CT molecular complexity index is 902. The molecule has 1 aliphatic rings. The Kier molecular flexibility index (Phi) is 4.17. The van der Waals surface area contributed by atoms with Crippen molar-refractivity contribution in [1.82, 2.24) is 9.88 Å². The molecule has 6 nitrogen and oxygen atoms in total. The third kappa shape index (κ3) is 2.70. The number of hydrogen-bond donors (Lipinski definition) is 1. The van der Waals surface area contributed by atoms with Crippen molar-refractivity contribution in [3.8, 4) is 0 Å². The minimum Gasteiger partial charge on any atom is -0.351 e. The molecule has 0 atom stereocenters. The molecule has 1 aromatic carbocycles. The van der Waals surface area contributed by atoms with Crippen molar-refractivity contribution in [2.24, 2.45) is 7.05 Å². The molecule has 4 amide bonds. The summed E-state index contributed by atoms with van der Waals surface area (Å²) in [7, 11) is 1.77. The average molecular weight is 364 g/mol. The Balaban J connectivity index is 2.09. The summed E-state index contributed by atoms with van der Waals surface area (Å²) in [5.41, 5.74) is 0.573. The number of benzene rings is 1. The molecular formula is C16H11Cl2N3O3. The molecule has 2 heterocycles. The van der Waals surface area contributed by atoms with Gasteiger partial charge in [-0.1, -0.05) is 29.3 Å². The van der Waals surface area contributed by atoms with Crippen molar-refractivity contribution in [3.05, 3.63) is 57.8 Å². The van der Waals surface area contributed by atoms with Gasteiger partial charge in [-0.05, 0) is 30.3 Å². The van der Waals surface area contributed by atoms with Crippen LogP contribution in [0.1, 0.15) is 5.69 Å². The lowest BCUT2D eigenvalue weighted by molar-refractivity contribution is -0.122. The van der Waals surface area contributed by atoms with Gasteiger partial charge in [0.2, 0.25) is 0 Å². The summed E-state index contributed by atoms with van der Waals surface area (Å²) in [5.74, 6) is -1.53. The number of urea groups is 1. The zero-order valence-corrected chi connectivity index (χ0v) is 13.9. The van der Waals surface area contributed by atoms with Gasteiger partial charge < -0.3 is 4.57 Å². The number of nitrogens with zero attached hydrogens (tertiary/aromatic N) is 2. The summed E-state index contributed by atoms with van der Waals surface area (Å²) in [6, 6.07) is 7.20. The highest BCUT2D eigenvalue weighted by Crippen LogP contribution is 2.34. The fraction of sp³-hybridized carbons (Fsp3) is 0.0625. The smallest absolute Gasteiger partial charge is 0.336 e. The van der Waals surface area contributed by atoms with Gasteiger partial charge in [0.15, 0.2) is 0 Å². The molecule has 0 unspecified atom stereocenters. The molecule has 1 fully saturated rings. The zero-order chi connectivity index (χ0) is 17.4. The Labute approximate surface area is 147 Å². The van der Waals surface area contributed by atoms with Gasteiger partial charge in [-0.3, -0.25) is 14.9 Å². The minimum atomic E-state index is -0.877. The molecule has 1 saturated heterocycles.